The van der Waals surface area contributed by atoms with Gasteiger partial charge in [-0.1, -0.05) is 44.0 Å². The third-order valence-electron chi connectivity index (χ3n) is 2.54. The van der Waals surface area contributed by atoms with Crippen LogP contribution in [-0.2, 0) is 9.84 Å². The lowest BCUT2D eigenvalue weighted by Crippen LogP contribution is -2.08. The molecular weight excluding hydrogens is 246 g/mol. The van der Waals surface area contributed by atoms with Crippen LogP contribution in [0.5, 0.6) is 0 Å². The van der Waals surface area contributed by atoms with Gasteiger partial charge >= 0.3 is 0 Å². The molecule has 4 heteroatoms. The third-order valence-corrected chi connectivity index (χ3v) is 4.22. The molecule has 0 bridgehead atoms. The second-order valence-electron chi connectivity index (χ2n) is 4.06. The molecule has 1 rings (SSSR count). The number of rotatable bonds is 6. The molecule has 0 amide bonds. The average molecular weight is 263 g/mol. The van der Waals surface area contributed by atoms with Crippen molar-refractivity contribution >= 4 is 9.84 Å². The van der Waals surface area contributed by atoms with Gasteiger partial charge in [0, 0.05) is 5.57 Å². The minimum absolute atomic E-state index is 0.211. The lowest BCUT2D eigenvalue weighted by molar-refractivity contribution is 0.598. The Balaban J connectivity index is 2.83. The van der Waals surface area contributed by atoms with Gasteiger partial charge in [-0.2, -0.15) is 5.26 Å². The van der Waals surface area contributed by atoms with E-state index in [1.54, 1.807) is 36.4 Å². The molecule has 1 aromatic carbocycles. The van der Waals surface area contributed by atoms with Gasteiger partial charge in [0.15, 0.2) is 9.84 Å². The first kappa shape index (κ1) is 14.5. The van der Waals surface area contributed by atoms with Gasteiger partial charge in [-0.25, -0.2) is 8.42 Å². The van der Waals surface area contributed by atoms with Crippen LogP contribution in [0.4, 0.5) is 0 Å². The molecule has 0 radical (unpaired) electrons. The van der Waals surface area contributed by atoms with Gasteiger partial charge in [-0.15, -0.1) is 0 Å². The van der Waals surface area contributed by atoms with Crippen LogP contribution in [0.1, 0.15) is 26.2 Å². The molecule has 0 aliphatic rings. The molecule has 0 aromatic heterocycles. The lowest BCUT2D eigenvalue weighted by atomic mass is 10.2. The van der Waals surface area contributed by atoms with Crippen LogP contribution >= 0.6 is 0 Å². The molecule has 0 aliphatic heterocycles. The van der Waals surface area contributed by atoms with Gasteiger partial charge in [0.2, 0.25) is 0 Å². The number of hydrogen-bond donors (Lipinski definition) is 0. The maximum absolute atomic E-state index is 12.0. The highest BCUT2D eigenvalue weighted by Crippen LogP contribution is 2.14. The summed E-state index contributed by atoms with van der Waals surface area (Å²) in [7, 11) is -3.40. The maximum atomic E-state index is 12.0. The van der Waals surface area contributed by atoms with Crippen LogP contribution in [0.3, 0.4) is 0 Å². The van der Waals surface area contributed by atoms with Crippen molar-refractivity contribution in [3.05, 3.63) is 42.0 Å². The van der Waals surface area contributed by atoms with Crippen LogP contribution in [0.2, 0.25) is 0 Å². The summed E-state index contributed by atoms with van der Waals surface area (Å²) in [6, 6.07) is 10.2. The van der Waals surface area contributed by atoms with Gasteiger partial charge < -0.3 is 0 Å². The summed E-state index contributed by atoms with van der Waals surface area (Å²) in [5.74, 6) is -0.211. The fourth-order valence-corrected chi connectivity index (χ4v) is 2.86. The maximum Gasteiger partial charge on any atom is 0.183 e. The van der Waals surface area contributed by atoms with Crippen molar-refractivity contribution in [3.8, 4) is 6.07 Å². The molecule has 0 atom stereocenters. The monoisotopic (exact) mass is 263 g/mol. The number of benzene rings is 1. The first-order chi connectivity index (χ1) is 8.60. The van der Waals surface area contributed by atoms with E-state index in [2.05, 4.69) is 6.92 Å². The molecular formula is C14H17NO2S. The zero-order valence-corrected chi connectivity index (χ0v) is 11.3. The molecule has 0 spiro atoms. The summed E-state index contributed by atoms with van der Waals surface area (Å²) in [5, 5.41) is 8.95. The smallest absolute Gasteiger partial charge is 0.183 e. The molecule has 3 nitrogen and oxygen atoms in total. The van der Waals surface area contributed by atoms with E-state index >= 15 is 0 Å². The van der Waals surface area contributed by atoms with Gasteiger partial charge in [0.25, 0.3) is 0 Å². The highest BCUT2D eigenvalue weighted by Gasteiger charge is 2.15. The highest BCUT2D eigenvalue weighted by molar-refractivity contribution is 7.91. The van der Waals surface area contributed by atoms with Crippen molar-refractivity contribution in [1.29, 1.82) is 5.26 Å². The number of sulfone groups is 1. The number of allylic oxidation sites excluding steroid dienone is 1. The third kappa shape index (κ3) is 4.34. The summed E-state index contributed by atoms with van der Waals surface area (Å²) >= 11 is 0. The standard InChI is InChI=1S/C14H17NO2S/c1-2-3-5-8-13(11-15)12-18(16,17)14-9-6-4-7-10-14/h4,6-10H,2-3,5,12H2,1H3. The summed E-state index contributed by atoms with van der Waals surface area (Å²) in [5.41, 5.74) is 0.326. The molecule has 0 fully saturated rings. The Morgan fingerprint density at radius 3 is 2.56 bits per heavy atom. The number of unbranched alkanes of at least 4 members (excludes halogenated alkanes) is 2. The molecule has 0 N–H and O–H groups in total. The molecule has 0 heterocycles. The Bertz CT molecular complexity index is 539. The van der Waals surface area contributed by atoms with Crippen LogP contribution in [0, 0.1) is 11.3 Å². The quantitative estimate of drug-likeness (QED) is 0.585. The number of hydrogen-bond acceptors (Lipinski definition) is 3. The summed E-state index contributed by atoms with van der Waals surface area (Å²) < 4.78 is 24.1. The Hall–Kier alpha value is -1.60. The Labute approximate surface area is 109 Å². The molecule has 0 unspecified atom stereocenters. The average Bonchev–Trinajstić information content (AvgIpc) is 2.38. The minimum Gasteiger partial charge on any atom is -0.223 e. The van der Waals surface area contributed by atoms with E-state index in [1.807, 2.05) is 6.07 Å². The fourth-order valence-electron chi connectivity index (χ4n) is 1.53. The predicted molar refractivity (Wildman–Crippen MR) is 71.7 cm³/mol. The Kier molecular flexibility index (Phi) is 5.60. The van der Waals surface area contributed by atoms with Crippen molar-refractivity contribution in [1.82, 2.24) is 0 Å². The van der Waals surface area contributed by atoms with Crippen molar-refractivity contribution in [2.75, 3.05) is 5.75 Å². The van der Waals surface area contributed by atoms with Crippen LogP contribution < -0.4 is 0 Å². The van der Waals surface area contributed by atoms with E-state index in [0.29, 0.717) is 5.57 Å². The van der Waals surface area contributed by atoms with E-state index in [4.69, 9.17) is 5.26 Å². The summed E-state index contributed by atoms with van der Waals surface area (Å²) in [4.78, 5) is 0.265. The van der Waals surface area contributed by atoms with E-state index in [-0.39, 0.29) is 10.6 Å². The first-order valence-electron chi connectivity index (χ1n) is 5.97. The second-order valence-corrected chi connectivity index (χ2v) is 6.05. The Morgan fingerprint density at radius 1 is 1.33 bits per heavy atom. The minimum atomic E-state index is -3.40. The van der Waals surface area contributed by atoms with E-state index < -0.39 is 9.84 Å². The molecule has 0 saturated carbocycles. The van der Waals surface area contributed by atoms with Crippen molar-refractivity contribution in [2.24, 2.45) is 0 Å². The van der Waals surface area contributed by atoms with E-state index in [0.717, 1.165) is 19.3 Å². The summed E-state index contributed by atoms with van der Waals surface area (Å²) in [6.07, 6.45) is 4.48. The van der Waals surface area contributed by atoms with Gasteiger partial charge in [0.1, 0.15) is 0 Å². The molecule has 0 aliphatic carbocycles. The Morgan fingerprint density at radius 2 is 2.00 bits per heavy atom. The van der Waals surface area contributed by atoms with E-state index in [1.165, 1.54) is 0 Å². The van der Waals surface area contributed by atoms with Crippen LogP contribution in [0.15, 0.2) is 46.9 Å². The lowest BCUT2D eigenvalue weighted by Gasteiger charge is -2.03. The fraction of sp³-hybridized carbons (Fsp3) is 0.357. The molecule has 96 valence electrons. The normalized spacial score (nSPS) is 12.1. The van der Waals surface area contributed by atoms with Gasteiger partial charge in [0.05, 0.1) is 16.7 Å². The zero-order valence-electron chi connectivity index (χ0n) is 10.5. The molecule has 1 aromatic rings. The predicted octanol–water partition coefficient (Wildman–Crippen LogP) is 3.10. The van der Waals surface area contributed by atoms with Crippen LogP contribution in [-0.4, -0.2) is 14.2 Å². The van der Waals surface area contributed by atoms with Crippen molar-refractivity contribution < 1.29 is 8.42 Å². The SMILES string of the molecule is CCCCC=C(C#N)CS(=O)(=O)c1ccccc1. The second kappa shape index (κ2) is 6.97. The first-order valence-corrected chi connectivity index (χ1v) is 7.62. The van der Waals surface area contributed by atoms with Crippen LogP contribution in [0.25, 0.3) is 0 Å². The van der Waals surface area contributed by atoms with Crippen molar-refractivity contribution in [2.45, 2.75) is 31.1 Å². The van der Waals surface area contributed by atoms with Gasteiger partial charge in [-0.3, -0.25) is 0 Å². The molecule has 0 saturated heterocycles. The number of nitrogens with zero attached hydrogens (tertiary/aromatic N) is 1. The summed E-state index contributed by atoms with van der Waals surface area (Å²) in [6.45, 7) is 2.06. The van der Waals surface area contributed by atoms with Crippen molar-refractivity contribution in [3.63, 3.8) is 0 Å². The highest BCUT2D eigenvalue weighted by atomic mass is 32.2. The zero-order chi connectivity index (χ0) is 13.4. The van der Waals surface area contributed by atoms with Gasteiger partial charge in [-0.05, 0) is 18.6 Å². The number of nitriles is 1. The topological polar surface area (TPSA) is 57.9 Å². The largest absolute Gasteiger partial charge is 0.223 e. The molecule has 18 heavy (non-hydrogen) atoms. The van der Waals surface area contributed by atoms with E-state index in [9.17, 15) is 8.42 Å².